The van der Waals surface area contributed by atoms with Crippen molar-refractivity contribution in [1.29, 1.82) is 0 Å². The molecule has 33 heavy (non-hydrogen) atoms. The lowest BCUT2D eigenvalue weighted by atomic mass is 9.86. The summed E-state index contributed by atoms with van der Waals surface area (Å²) >= 11 is 0. The lowest BCUT2D eigenvalue weighted by Crippen LogP contribution is -2.52. The molecule has 2 rings (SSSR count). The summed E-state index contributed by atoms with van der Waals surface area (Å²) in [4.78, 5) is 0. The average molecular weight is 488 g/mol. The largest absolute Gasteiger partial charge is 0.433 e. The van der Waals surface area contributed by atoms with Gasteiger partial charge in [-0.1, -0.05) is 26.8 Å². The standard InChI is InChI=1S/C22H27F7O4/c1-4-6-20(3)11-31-22(30,32-12-20)14(5-7-23)8-16(24)13(2)21(28,29)33-15-9-17(25)19(27)18(26)10-15/h8-9,14,18,30H,2,4-7,10-12H2,1,3H3/b16-8+/t14-,18?,20?,22?/m1/s1. The zero-order valence-electron chi connectivity index (χ0n) is 18.3. The number of hydrogen-bond acceptors (Lipinski definition) is 4. The van der Waals surface area contributed by atoms with E-state index in [1.54, 1.807) is 0 Å². The molecule has 0 aromatic heterocycles. The highest BCUT2D eigenvalue weighted by Crippen LogP contribution is 2.41. The number of alkyl halides is 4. The number of aliphatic hydroxyl groups is 1. The second kappa shape index (κ2) is 10.6. The molecule has 0 amide bonds. The second-order valence-electron chi connectivity index (χ2n) is 8.44. The van der Waals surface area contributed by atoms with Gasteiger partial charge in [0.2, 0.25) is 0 Å². The lowest BCUT2D eigenvalue weighted by molar-refractivity contribution is -0.419. The Bertz CT molecular complexity index is 814. The normalized spacial score (nSPS) is 30.2. The van der Waals surface area contributed by atoms with Crippen molar-refractivity contribution in [1.82, 2.24) is 0 Å². The zero-order chi connectivity index (χ0) is 25.0. The predicted molar refractivity (Wildman–Crippen MR) is 105 cm³/mol. The van der Waals surface area contributed by atoms with E-state index in [9.17, 15) is 35.8 Å². The first-order valence-electron chi connectivity index (χ1n) is 10.4. The molecule has 1 fully saturated rings. The molecule has 0 aromatic rings. The third kappa shape index (κ3) is 6.60. The van der Waals surface area contributed by atoms with Gasteiger partial charge in [0.15, 0.2) is 17.8 Å². The van der Waals surface area contributed by atoms with Gasteiger partial charge in [-0.25, -0.2) is 17.6 Å². The van der Waals surface area contributed by atoms with E-state index in [1.165, 1.54) is 0 Å². The third-order valence-electron chi connectivity index (χ3n) is 5.41. The highest BCUT2D eigenvalue weighted by molar-refractivity contribution is 5.30. The molecular formula is C22H27F7O4. The Morgan fingerprint density at radius 3 is 2.48 bits per heavy atom. The molecule has 1 unspecified atom stereocenters. The molecule has 1 heterocycles. The third-order valence-corrected chi connectivity index (χ3v) is 5.41. The maximum Gasteiger partial charge on any atom is 0.428 e. The summed E-state index contributed by atoms with van der Waals surface area (Å²) in [7, 11) is 0. The van der Waals surface area contributed by atoms with Crippen molar-refractivity contribution in [3.8, 4) is 0 Å². The fraction of sp³-hybridized carbons (Fsp3) is 0.636. The van der Waals surface area contributed by atoms with E-state index in [-0.39, 0.29) is 19.3 Å². The first-order valence-corrected chi connectivity index (χ1v) is 10.4. The van der Waals surface area contributed by atoms with Crippen molar-refractivity contribution >= 4 is 0 Å². The van der Waals surface area contributed by atoms with Crippen molar-refractivity contribution in [2.24, 2.45) is 11.3 Å². The van der Waals surface area contributed by atoms with Crippen LogP contribution < -0.4 is 0 Å². The summed E-state index contributed by atoms with van der Waals surface area (Å²) in [5.41, 5.74) is -2.01. The van der Waals surface area contributed by atoms with E-state index in [1.807, 2.05) is 13.8 Å². The fourth-order valence-corrected chi connectivity index (χ4v) is 3.49. The van der Waals surface area contributed by atoms with E-state index in [0.717, 1.165) is 6.42 Å². The average Bonchev–Trinajstić information content (AvgIpc) is 2.73. The number of ether oxygens (including phenoxy) is 3. The van der Waals surface area contributed by atoms with Gasteiger partial charge in [-0.2, -0.15) is 8.78 Å². The molecule has 11 heteroatoms. The van der Waals surface area contributed by atoms with Gasteiger partial charge in [0.1, 0.15) is 11.6 Å². The first kappa shape index (κ1) is 27.4. The Kier molecular flexibility index (Phi) is 8.80. The maximum atomic E-state index is 14.7. The van der Waals surface area contributed by atoms with E-state index in [2.05, 4.69) is 11.3 Å². The van der Waals surface area contributed by atoms with Gasteiger partial charge in [-0.3, -0.25) is 4.39 Å². The van der Waals surface area contributed by atoms with Crippen LogP contribution in [0.25, 0.3) is 0 Å². The molecular weight excluding hydrogens is 461 g/mol. The second-order valence-corrected chi connectivity index (χ2v) is 8.44. The number of allylic oxidation sites excluding steroid dienone is 4. The van der Waals surface area contributed by atoms with Crippen LogP contribution in [-0.2, 0) is 14.2 Å². The van der Waals surface area contributed by atoms with Gasteiger partial charge < -0.3 is 19.3 Å². The minimum Gasteiger partial charge on any atom is -0.433 e. The van der Waals surface area contributed by atoms with Crippen LogP contribution in [-0.4, -0.2) is 43.2 Å². The van der Waals surface area contributed by atoms with Gasteiger partial charge in [0.05, 0.1) is 31.4 Å². The van der Waals surface area contributed by atoms with Crippen LogP contribution in [0.15, 0.2) is 47.5 Å². The molecule has 0 radical (unpaired) electrons. The van der Waals surface area contributed by atoms with Crippen LogP contribution >= 0.6 is 0 Å². The molecule has 2 atom stereocenters. The van der Waals surface area contributed by atoms with Crippen LogP contribution in [0.5, 0.6) is 0 Å². The van der Waals surface area contributed by atoms with Gasteiger partial charge in [-0.15, -0.1) is 0 Å². The summed E-state index contributed by atoms with van der Waals surface area (Å²) in [6.07, 6.45) is -6.40. The lowest BCUT2D eigenvalue weighted by Gasteiger charge is -2.44. The molecule has 0 spiro atoms. The first-order chi connectivity index (χ1) is 15.3. The monoisotopic (exact) mass is 488 g/mol. The summed E-state index contributed by atoms with van der Waals surface area (Å²) in [5.74, 6) is -10.1. The van der Waals surface area contributed by atoms with Gasteiger partial charge in [-0.05, 0) is 18.9 Å². The fourth-order valence-electron chi connectivity index (χ4n) is 3.49. The number of hydrogen-bond donors (Lipinski definition) is 1. The predicted octanol–water partition coefficient (Wildman–Crippen LogP) is 6.26. The number of rotatable bonds is 10. The summed E-state index contributed by atoms with van der Waals surface area (Å²) in [6.45, 7) is 5.61. The van der Waals surface area contributed by atoms with Gasteiger partial charge in [0.25, 0.3) is 5.97 Å². The quantitative estimate of drug-likeness (QED) is 0.292. The molecule has 0 bridgehead atoms. The van der Waals surface area contributed by atoms with E-state index in [0.29, 0.717) is 12.5 Å². The summed E-state index contributed by atoms with van der Waals surface area (Å²) in [5, 5.41) is 10.6. The van der Waals surface area contributed by atoms with Crippen molar-refractivity contribution < 1.29 is 50.1 Å². The zero-order valence-corrected chi connectivity index (χ0v) is 18.3. The van der Waals surface area contributed by atoms with Crippen molar-refractivity contribution in [3.05, 3.63) is 47.5 Å². The van der Waals surface area contributed by atoms with Gasteiger partial charge in [0, 0.05) is 17.9 Å². The molecule has 1 N–H and O–H groups in total. The smallest absolute Gasteiger partial charge is 0.428 e. The number of halogens is 7. The molecule has 2 aliphatic rings. The summed E-state index contributed by atoms with van der Waals surface area (Å²) in [6, 6.07) is 0. The molecule has 0 aromatic carbocycles. The van der Waals surface area contributed by atoms with Gasteiger partial charge >= 0.3 is 6.11 Å². The molecule has 4 nitrogen and oxygen atoms in total. The van der Waals surface area contributed by atoms with Crippen LogP contribution in [0.2, 0.25) is 0 Å². The van der Waals surface area contributed by atoms with Crippen molar-refractivity contribution in [2.75, 3.05) is 19.9 Å². The van der Waals surface area contributed by atoms with Crippen molar-refractivity contribution in [2.45, 2.75) is 57.8 Å². The Morgan fingerprint density at radius 2 is 1.97 bits per heavy atom. The van der Waals surface area contributed by atoms with E-state index < -0.39 is 77.9 Å². The minimum absolute atomic E-state index is 0.00396. The van der Waals surface area contributed by atoms with Crippen LogP contribution in [0.4, 0.5) is 30.7 Å². The Labute approximate surface area is 187 Å². The van der Waals surface area contributed by atoms with E-state index >= 15 is 0 Å². The topological polar surface area (TPSA) is 47.9 Å². The highest BCUT2D eigenvalue weighted by Gasteiger charge is 2.47. The van der Waals surface area contributed by atoms with Crippen LogP contribution in [0.1, 0.15) is 39.5 Å². The molecule has 1 saturated heterocycles. The van der Waals surface area contributed by atoms with Crippen LogP contribution in [0.3, 0.4) is 0 Å². The minimum atomic E-state index is -4.49. The Morgan fingerprint density at radius 1 is 1.36 bits per heavy atom. The Hall–Kier alpha value is -1.85. The molecule has 188 valence electrons. The maximum absolute atomic E-state index is 14.7. The molecule has 1 aliphatic carbocycles. The van der Waals surface area contributed by atoms with Crippen LogP contribution in [0, 0.1) is 11.3 Å². The SMILES string of the molecule is C=C(/C(F)=C\[C@@H](CCF)C1(O)OCC(C)(CCC)CO1)C(F)(F)OC1=CC(F)=C(F)C(F)C1. The Balaban J connectivity index is 2.18. The highest BCUT2D eigenvalue weighted by atomic mass is 19.3. The molecule has 1 aliphatic heterocycles. The van der Waals surface area contributed by atoms with E-state index in [4.69, 9.17) is 9.47 Å². The molecule has 0 saturated carbocycles. The van der Waals surface area contributed by atoms with Crippen molar-refractivity contribution in [3.63, 3.8) is 0 Å². The summed E-state index contributed by atoms with van der Waals surface area (Å²) < 4.78 is 111.